The Morgan fingerprint density at radius 2 is 0.633 bits per heavy atom. The second kappa shape index (κ2) is 28.9. The average molecular weight is 426 g/mol. The minimum atomic E-state index is 0.371. The first-order chi connectivity index (χ1) is 14.9. The van der Waals surface area contributed by atoms with Crippen LogP contribution in [0.15, 0.2) is 0 Å². The Balaban J connectivity index is 2.97. The number of hydrogen-bond donors (Lipinski definition) is 2. The lowest BCUT2D eigenvalue weighted by atomic mass is 10.0. The van der Waals surface area contributed by atoms with Crippen LogP contribution in [0.4, 0.5) is 0 Å². The van der Waals surface area contributed by atoms with Crippen molar-refractivity contribution in [3.63, 3.8) is 0 Å². The summed E-state index contributed by atoms with van der Waals surface area (Å²) in [5.74, 6) is 0. The van der Waals surface area contributed by atoms with Crippen molar-refractivity contribution in [2.24, 2.45) is 0 Å². The molecule has 0 heterocycles. The molecule has 0 saturated carbocycles. The van der Waals surface area contributed by atoms with Crippen LogP contribution in [0.25, 0.3) is 0 Å². The summed E-state index contributed by atoms with van der Waals surface area (Å²) in [6.45, 7) is 5.13. The molecule has 2 nitrogen and oxygen atoms in total. The molecule has 0 aromatic heterocycles. The molecule has 0 bridgehead atoms. The lowest BCUT2D eigenvalue weighted by Gasteiger charge is -2.06. The van der Waals surface area contributed by atoms with E-state index in [1.807, 2.05) is 0 Å². The molecule has 0 atom stereocenters. The molecule has 0 radical (unpaired) electrons. The first-order valence-electron chi connectivity index (χ1n) is 14.2. The smallest absolute Gasteiger partial charge is 0.0431 e. The maximum absolute atomic E-state index is 8.75. The number of hydrogen-bond acceptors (Lipinski definition) is 2. The third kappa shape index (κ3) is 27.9. The fraction of sp³-hybridized carbons (Fsp3) is 1.00. The Morgan fingerprint density at radius 3 is 0.933 bits per heavy atom. The van der Waals surface area contributed by atoms with E-state index < -0.39 is 0 Å². The van der Waals surface area contributed by atoms with Crippen LogP contribution in [-0.4, -0.2) is 24.8 Å². The molecule has 0 aliphatic heterocycles. The predicted molar refractivity (Wildman–Crippen MR) is 136 cm³/mol. The van der Waals surface area contributed by atoms with Crippen molar-refractivity contribution in [1.29, 1.82) is 0 Å². The maximum atomic E-state index is 8.75. The average Bonchev–Trinajstić information content (AvgIpc) is 2.76. The standard InChI is InChI=1S/C28H59NO/c1-2-3-4-5-6-7-14-17-20-23-26-29-27-24-21-18-15-12-10-8-9-11-13-16-19-22-25-28-30/h29-30H,2-28H2,1H3. The van der Waals surface area contributed by atoms with E-state index >= 15 is 0 Å². The molecule has 0 spiro atoms. The number of rotatable bonds is 27. The Kier molecular flexibility index (Phi) is 28.8. The van der Waals surface area contributed by atoms with Crippen molar-refractivity contribution in [3.8, 4) is 0 Å². The van der Waals surface area contributed by atoms with Crippen molar-refractivity contribution in [1.82, 2.24) is 5.32 Å². The van der Waals surface area contributed by atoms with Gasteiger partial charge >= 0.3 is 0 Å². The highest BCUT2D eigenvalue weighted by Gasteiger charge is 1.95. The summed E-state index contributed by atoms with van der Waals surface area (Å²) in [6, 6.07) is 0. The summed E-state index contributed by atoms with van der Waals surface area (Å²) in [4.78, 5) is 0. The van der Waals surface area contributed by atoms with Crippen molar-refractivity contribution in [2.75, 3.05) is 19.7 Å². The van der Waals surface area contributed by atoms with Crippen LogP contribution < -0.4 is 5.32 Å². The summed E-state index contributed by atoms with van der Waals surface area (Å²) in [7, 11) is 0. The topological polar surface area (TPSA) is 32.3 Å². The minimum absolute atomic E-state index is 0.371. The fourth-order valence-electron chi connectivity index (χ4n) is 4.35. The molecular formula is C28H59NO. The van der Waals surface area contributed by atoms with E-state index in [0.29, 0.717) is 6.61 Å². The second-order valence-corrected chi connectivity index (χ2v) is 9.61. The van der Waals surface area contributed by atoms with E-state index in [0.717, 1.165) is 6.42 Å². The highest BCUT2D eigenvalue weighted by atomic mass is 16.2. The van der Waals surface area contributed by atoms with Crippen LogP contribution >= 0.6 is 0 Å². The Morgan fingerprint density at radius 1 is 0.367 bits per heavy atom. The molecule has 0 saturated heterocycles. The number of aliphatic hydroxyl groups is 1. The summed E-state index contributed by atoms with van der Waals surface area (Å²) in [5, 5.41) is 12.4. The normalized spacial score (nSPS) is 11.4. The van der Waals surface area contributed by atoms with Gasteiger partial charge in [0.05, 0.1) is 0 Å². The molecule has 182 valence electrons. The fourth-order valence-corrected chi connectivity index (χ4v) is 4.35. The molecule has 0 unspecified atom stereocenters. The third-order valence-electron chi connectivity index (χ3n) is 6.47. The van der Waals surface area contributed by atoms with E-state index in [-0.39, 0.29) is 0 Å². The van der Waals surface area contributed by atoms with Crippen LogP contribution in [0.5, 0.6) is 0 Å². The van der Waals surface area contributed by atoms with Crippen molar-refractivity contribution in [2.45, 2.75) is 161 Å². The van der Waals surface area contributed by atoms with E-state index in [4.69, 9.17) is 5.11 Å². The molecule has 2 heteroatoms. The molecule has 0 fully saturated rings. The lowest BCUT2D eigenvalue weighted by Crippen LogP contribution is -2.16. The Bertz CT molecular complexity index is 254. The molecule has 0 aromatic carbocycles. The molecule has 0 amide bonds. The highest BCUT2D eigenvalue weighted by molar-refractivity contribution is 4.53. The van der Waals surface area contributed by atoms with E-state index in [1.165, 1.54) is 161 Å². The van der Waals surface area contributed by atoms with Gasteiger partial charge in [-0.05, 0) is 32.4 Å². The lowest BCUT2D eigenvalue weighted by molar-refractivity contribution is 0.282. The zero-order valence-corrected chi connectivity index (χ0v) is 21.0. The van der Waals surface area contributed by atoms with Crippen LogP contribution in [-0.2, 0) is 0 Å². The van der Waals surface area contributed by atoms with Crippen LogP contribution in [0.3, 0.4) is 0 Å². The molecule has 0 rings (SSSR count). The summed E-state index contributed by atoms with van der Waals surface area (Å²) >= 11 is 0. The van der Waals surface area contributed by atoms with E-state index in [9.17, 15) is 0 Å². The summed E-state index contributed by atoms with van der Waals surface area (Å²) in [5.41, 5.74) is 0. The van der Waals surface area contributed by atoms with Gasteiger partial charge in [0.1, 0.15) is 0 Å². The van der Waals surface area contributed by atoms with Gasteiger partial charge < -0.3 is 10.4 Å². The van der Waals surface area contributed by atoms with E-state index in [1.54, 1.807) is 0 Å². The monoisotopic (exact) mass is 425 g/mol. The molecule has 0 aliphatic carbocycles. The van der Waals surface area contributed by atoms with Crippen molar-refractivity contribution in [3.05, 3.63) is 0 Å². The van der Waals surface area contributed by atoms with Gasteiger partial charge in [-0.15, -0.1) is 0 Å². The Hall–Kier alpha value is -0.0800. The van der Waals surface area contributed by atoms with Gasteiger partial charge in [-0.25, -0.2) is 0 Å². The van der Waals surface area contributed by atoms with Gasteiger partial charge in [0.15, 0.2) is 0 Å². The molecule has 0 aromatic rings. The zero-order valence-electron chi connectivity index (χ0n) is 21.0. The summed E-state index contributed by atoms with van der Waals surface area (Å²) in [6.07, 6.45) is 33.5. The van der Waals surface area contributed by atoms with Crippen molar-refractivity contribution >= 4 is 0 Å². The number of aliphatic hydroxyl groups excluding tert-OH is 1. The molecule has 2 N–H and O–H groups in total. The second-order valence-electron chi connectivity index (χ2n) is 9.61. The third-order valence-corrected chi connectivity index (χ3v) is 6.47. The number of unbranched alkanes of at least 4 members (excludes halogenated alkanes) is 22. The quantitative estimate of drug-likeness (QED) is 0.129. The SMILES string of the molecule is CCCCCCCCCCCCNCCCCCCCCCCCCCCCCO. The minimum Gasteiger partial charge on any atom is -0.396 e. The van der Waals surface area contributed by atoms with Gasteiger partial charge in [0.25, 0.3) is 0 Å². The van der Waals surface area contributed by atoms with E-state index in [2.05, 4.69) is 12.2 Å². The van der Waals surface area contributed by atoms with Gasteiger partial charge in [-0.3, -0.25) is 0 Å². The largest absolute Gasteiger partial charge is 0.396 e. The van der Waals surface area contributed by atoms with Gasteiger partial charge in [-0.2, -0.15) is 0 Å². The molecule has 0 aliphatic rings. The van der Waals surface area contributed by atoms with Crippen LogP contribution in [0.2, 0.25) is 0 Å². The summed E-state index contributed by atoms with van der Waals surface area (Å²) < 4.78 is 0. The molecular weight excluding hydrogens is 366 g/mol. The number of nitrogens with one attached hydrogen (secondary N) is 1. The highest BCUT2D eigenvalue weighted by Crippen LogP contribution is 2.13. The Labute approximate surface area is 191 Å². The van der Waals surface area contributed by atoms with Gasteiger partial charge in [-0.1, -0.05) is 142 Å². The maximum Gasteiger partial charge on any atom is 0.0431 e. The van der Waals surface area contributed by atoms with Crippen LogP contribution in [0, 0.1) is 0 Å². The van der Waals surface area contributed by atoms with Gasteiger partial charge in [0.2, 0.25) is 0 Å². The van der Waals surface area contributed by atoms with Crippen LogP contribution in [0.1, 0.15) is 161 Å². The first kappa shape index (κ1) is 29.9. The van der Waals surface area contributed by atoms with Crippen molar-refractivity contribution < 1.29 is 5.11 Å². The molecule has 30 heavy (non-hydrogen) atoms. The predicted octanol–water partition coefficient (Wildman–Crippen LogP) is 8.95. The first-order valence-corrected chi connectivity index (χ1v) is 14.2. The van der Waals surface area contributed by atoms with Gasteiger partial charge in [0, 0.05) is 6.61 Å². The zero-order chi connectivity index (χ0) is 21.8.